The first kappa shape index (κ1) is 15.1. The number of aliphatic hydroxyl groups is 1. The second kappa shape index (κ2) is 5.23. The molecule has 112 valence electrons. The Morgan fingerprint density at radius 1 is 1.45 bits per heavy atom. The molecule has 2 aliphatic heterocycles. The van der Waals surface area contributed by atoms with E-state index in [-0.39, 0.29) is 24.6 Å². The van der Waals surface area contributed by atoms with Crippen LogP contribution in [0.2, 0.25) is 0 Å². The predicted octanol–water partition coefficient (Wildman–Crippen LogP) is 1.43. The zero-order valence-corrected chi connectivity index (χ0v) is 12.3. The number of ether oxygens (including phenoxy) is 2. The topological polar surface area (TPSA) is 82.8 Å². The van der Waals surface area contributed by atoms with Crippen LogP contribution >= 0.6 is 0 Å². The van der Waals surface area contributed by atoms with E-state index in [1.165, 1.54) is 0 Å². The minimum Gasteiger partial charge on any atom is -0.444 e. The van der Waals surface area contributed by atoms with Crippen molar-refractivity contribution in [2.24, 2.45) is 0 Å². The predicted molar refractivity (Wildman–Crippen MR) is 70.9 cm³/mol. The largest absolute Gasteiger partial charge is 0.444 e. The summed E-state index contributed by atoms with van der Waals surface area (Å²) >= 11 is 0. The first-order valence-electron chi connectivity index (χ1n) is 6.92. The monoisotopic (exact) mass is 282 g/mol. The lowest BCUT2D eigenvalue weighted by atomic mass is 9.79. The Morgan fingerprint density at radius 3 is 2.45 bits per heavy atom. The van der Waals surface area contributed by atoms with Gasteiger partial charge in [-0.25, -0.2) is 4.79 Å². The maximum atomic E-state index is 12.3. The summed E-state index contributed by atoms with van der Waals surface area (Å²) < 4.78 is 10.9. The van der Waals surface area contributed by atoms with E-state index >= 15 is 0 Å². The van der Waals surface area contributed by atoms with E-state index in [0.29, 0.717) is 26.1 Å². The zero-order chi connectivity index (χ0) is 15.0. The molecular formula is C14H22N2O4. The van der Waals surface area contributed by atoms with Crippen molar-refractivity contribution in [1.29, 1.82) is 5.26 Å². The van der Waals surface area contributed by atoms with Crippen LogP contribution in [0.15, 0.2) is 0 Å². The Balaban J connectivity index is 2.13. The van der Waals surface area contributed by atoms with Crippen LogP contribution in [-0.4, -0.2) is 52.6 Å². The fourth-order valence-electron chi connectivity index (χ4n) is 2.98. The molecule has 2 saturated heterocycles. The summed E-state index contributed by atoms with van der Waals surface area (Å²) in [7, 11) is 0. The smallest absolute Gasteiger partial charge is 0.410 e. The van der Waals surface area contributed by atoms with E-state index in [0.717, 1.165) is 0 Å². The van der Waals surface area contributed by atoms with Crippen molar-refractivity contribution in [2.75, 3.05) is 13.2 Å². The van der Waals surface area contributed by atoms with Gasteiger partial charge in [-0.05, 0) is 20.8 Å². The van der Waals surface area contributed by atoms with Gasteiger partial charge in [-0.3, -0.25) is 4.90 Å². The average molecular weight is 282 g/mol. The van der Waals surface area contributed by atoms with E-state index < -0.39 is 11.2 Å². The molecule has 0 saturated carbocycles. The maximum Gasteiger partial charge on any atom is 0.410 e. The molecule has 0 aromatic rings. The van der Waals surface area contributed by atoms with Crippen LogP contribution in [0.1, 0.15) is 40.0 Å². The molecular weight excluding hydrogens is 260 g/mol. The normalized spacial score (nSPS) is 33.5. The molecule has 20 heavy (non-hydrogen) atoms. The summed E-state index contributed by atoms with van der Waals surface area (Å²) in [4.78, 5) is 14.0. The van der Waals surface area contributed by atoms with Gasteiger partial charge >= 0.3 is 6.09 Å². The second-order valence-electron chi connectivity index (χ2n) is 6.70. The van der Waals surface area contributed by atoms with Gasteiger partial charge in [0.2, 0.25) is 0 Å². The molecule has 2 unspecified atom stereocenters. The summed E-state index contributed by atoms with van der Waals surface area (Å²) in [6.07, 6.45) is 0.434. The minimum absolute atomic E-state index is 0.0855. The van der Waals surface area contributed by atoms with Crippen LogP contribution in [0.25, 0.3) is 0 Å². The van der Waals surface area contributed by atoms with Crippen LogP contribution < -0.4 is 0 Å². The number of fused-ring (bicyclic) bond motifs is 2. The second-order valence-corrected chi connectivity index (χ2v) is 6.70. The van der Waals surface area contributed by atoms with Crippen molar-refractivity contribution in [3.63, 3.8) is 0 Å². The molecule has 2 aliphatic rings. The summed E-state index contributed by atoms with van der Waals surface area (Å²) in [6.45, 7) is 6.24. The average Bonchev–Trinajstić information content (AvgIpc) is 2.24. The standard InChI is InChI=1S/C14H22N2O4/c1-13(2,3)20-12(17)16-10-6-14(18,4-5-15)7-11(16)9-19-8-10/h10-11,18H,4,6-9H2,1-3H3. The zero-order valence-electron chi connectivity index (χ0n) is 12.3. The van der Waals surface area contributed by atoms with Gasteiger partial charge in [0.15, 0.2) is 0 Å². The molecule has 0 aromatic heterocycles. The van der Waals surface area contributed by atoms with Gasteiger partial charge < -0.3 is 14.6 Å². The lowest BCUT2D eigenvalue weighted by molar-refractivity contribution is -0.136. The van der Waals surface area contributed by atoms with Gasteiger partial charge in [0.1, 0.15) is 5.60 Å². The van der Waals surface area contributed by atoms with Crippen LogP contribution in [0.4, 0.5) is 4.79 Å². The van der Waals surface area contributed by atoms with E-state index in [9.17, 15) is 9.90 Å². The van der Waals surface area contributed by atoms with Crippen LogP contribution in [0, 0.1) is 11.3 Å². The number of carbonyl (C=O) groups excluding carboxylic acids is 1. The number of nitrogens with zero attached hydrogens (tertiary/aromatic N) is 2. The van der Waals surface area contributed by atoms with Crippen molar-refractivity contribution in [1.82, 2.24) is 4.90 Å². The third kappa shape index (κ3) is 3.22. The van der Waals surface area contributed by atoms with Gasteiger partial charge in [0.05, 0.1) is 43.4 Å². The molecule has 1 amide bonds. The molecule has 2 atom stereocenters. The molecule has 0 aliphatic carbocycles. The molecule has 6 nitrogen and oxygen atoms in total. The molecule has 6 heteroatoms. The van der Waals surface area contributed by atoms with E-state index in [1.807, 2.05) is 26.8 Å². The fourth-order valence-corrected chi connectivity index (χ4v) is 2.98. The number of rotatable bonds is 1. The van der Waals surface area contributed by atoms with E-state index in [2.05, 4.69) is 0 Å². The van der Waals surface area contributed by atoms with Crippen molar-refractivity contribution in [3.8, 4) is 6.07 Å². The van der Waals surface area contributed by atoms with E-state index in [4.69, 9.17) is 14.7 Å². The maximum absolute atomic E-state index is 12.3. The Kier molecular flexibility index (Phi) is 3.94. The van der Waals surface area contributed by atoms with Crippen LogP contribution in [0.3, 0.4) is 0 Å². The lowest BCUT2D eigenvalue weighted by Gasteiger charge is -2.50. The van der Waals surface area contributed by atoms with Crippen molar-refractivity contribution in [2.45, 2.75) is 63.3 Å². The lowest BCUT2D eigenvalue weighted by Crippen LogP contribution is -2.63. The molecule has 0 spiro atoms. The highest BCUT2D eigenvalue weighted by Crippen LogP contribution is 2.37. The van der Waals surface area contributed by atoms with Crippen LogP contribution in [-0.2, 0) is 9.47 Å². The highest BCUT2D eigenvalue weighted by atomic mass is 16.6. The summed E-state index contributed by atoms with van der Waals surface area (Å²) in [6, 6.07) is 1.57. The Morgan fingerprint density at radius 2 is 2.00 bits per heavy atom. The molecule has 2 heterocycles. The number of piperidine rings is 1. The fraction of sp³-hybridized carbons (Fsp3) is 0.857. The van der Waals surface area contributed by atoms with Crippen molar-refractivity contribution < 1.29 is 19.4 Å². The van der Waals surface area contributed by atoms with Gasteiger partial charge in [0.25, 0.3) is 0 Å². The minimum atomic E-state index is -1.02. The van der Waals surface area contributed by atoms with Gasteiger partial charge in [0, 0.05) is 12.8 Å². The highest BCUT2D eigenvalue weighted by molar-refractivity contribution is 5.69. The van der Waals surface area contributed by atoms with Gasteiger partial charge in [-0.15, -0.1) is 0 Å². The summed E-state index contributed by atoms with van der Waals surface area (Å²) in [5.41, 5.74) is -1.57. The quantitative estimate of drug-likeness (QED) is 0.786. The number of nitriles is 1. The Labute approximate surface area is 119 Å². The number of hydrogen-bond donors (Lipinski definition) is 1. The van der Waals surface area contributed by atoms with Crippen molar-refractivity contribution in [3.05, 3.63) is 0 Å². The number of morpholine rings is 1. The Bertz CT molecular complexity index is 410. The number of amides is 1. The van der Waals surface area contributed by atoms with Crippen molar-refractivity contribution >= 4 is 6.09 Å². The molecule has 2 rings (SSSR count). The molecule has 1 N–H and O–H groups in total. The van der Waals surface area contributed by atoms with Crippen LogP contribution in [0.5, 0.6) is 0 Å². The van der Waals surface area contributed by atoms with Gasteiger partial charge in [-0.2, -0.15) is 5.26 Å². The number of hydrogen-bond acceptors (Lipinski definition) is 5. The Hall–Kier alpha value is -1.32. The first-order chi connectivity index (χ1) is 9.24. The SMILES string of the molecule is CC(C)(C)OC(=O)N1C2COCC1CC(O)(CC#N)C2. The highest BCUT2D eigenvalue weighted by Gasteiger charge is 2.49. The molecule has 2 fully saturated rings. The molecule has 2 bridgehead atoms. The summed E-state index contributed by atoms with van der Waals surface area (Å²) in [5.74, 6) is 0. The molecule has 0 radical (unpaired) electrons. The first-order valence-corrected chi connectivity index (χ1v) is 6.92. The third-order valence-corrected chi connectivity index (χ3v) is 3.65. The third-order valence-electron chi connectivity index (χ3n) is 3.65. The number of carbonyl (C=O) groups is 1. The van der Waals surface area contributed by atoms with E-state index in [1.54, 1.807) is 4.90 Å². The molecule has 0 aromatic carbocycles. The van der Waals surface area contributed by atoms with Gasteiger partial charge in [-0.1, -0.05) is 0 Å². The summed E-state index contributed by atoms with van der Waals surface area (Å²) in [5, 5.41) is 19.3.